The number of halogens is 1. The van der Waals surface area contributed by atoms with Crippen LogP contribution in [0.15, 0.2) is 36.4 Å². The van der Waals surface area contributed by atoms with Gasteiger partial charge in [0.15, 0.2) is 5.15 Å². The molecule has 2 aromatic rings. The second-order valence-electron chi connectivity index (χ2n) is 4.59. The van der Waals surface area contributed by atoms with Gasteiger partial charge in [-0.25, -0.2) is 0 Å². The Labute approximate surface area is 111 Å². The Morgan fingerprint density at radius 3 is 2.83 bits per heavy atom. The first-order chi connectivity index (χ1) is 8.81. The van der Waals surface area contributed by atoms with Gasteiger partial charge in [-0.1, -0.05) is 41.9 Å². The second kappa shape index (κ2) is 5.04. The second-order valence-corrected chi connectivity index (χ2v) is 4.97. The largest absolute Gasteiger partial charge is 0.294 e. The molecule has 1 aliphatic heterocycles. The van der Waals surface area contributed by atoms with E-state index >= 15 is 0 Å². The highest BCUT2D eigenvalue weighted by atomic mass is 35.5. The van der Waals surface area contributed by atoms with Crippen molar-refractivity contribution >= 4 is 11.6 Å². The summed E-state index contributed by atoms with van der Waals surface area (Å²) in [7, 11) is 0. The van der Waals surface area contributed by atoms with E-state index in [1.165, 1.54) is 11.1 Å². The molecule has 1 aromatic heterocycles. The maximum absolute atomic E-state index is 5.89. The summed E-state index contributed by atoms with van der Waals surface area (Å²) in [5.74, 6) is 0. The number of fused-ring (bicyclic) bond motifs is 1. The van der Waals surface area contributed by atoms with Gasteiger partial charge in [-0.05, 0) is 17.2 Å². The van der Waals surface area contributed by atoms with Crippen LogP contribution in [0.1, 0.15) is 16.8 Å². The molecular formula is C14H14ClN3. The zero-order valence-electron chi connectivity index (χ0n) is 10.0. The Hall–Kier alpha value is -1.45. The first-order valence-corrected chi connectivity index (χ1v) is 6.46. The lowest BCUT2D eigenvalue weighted by Gasteiger charge is -2.27. The molecule has 0 radical (unpaired) electrons. The fourth-order valence-corrected chi connectivity index (χ4v) is 2.51. The van der Waals surface area contributed by atoms with Gasteiger partial charge in [0.2, 0.25) is 0 Å². The Bertz CT molecular complexity index is 542. The van der Waals surface area contributed by atoms with Gasteiger partial charge in [-0.15, -0.1) is 5.10 Å². The summed E-state index contributed by atoms with van der Waals surface area (Å²) in [5, 5.41) is 8.53. The predicted molar refractivity (Wildman–Crippen MR) is 71.3 cm³/mol. The van der Waals surface area contributed by atoms with Crippen LogP contribution >= 0.6 is 11.6 Å². The Balaban J connectivity index is 1.75. The zero-order valence-corrected chi connectivity index (χ0v) is 10.8. The molecule has 1 aliphatic rings. The monoisotopic (exact) mass is 259 g/mol. The lowest BCUT2D eigenvalue weighted by Crippen LogP contribution is -2.30. The van der Waals surface area contributed by atoms with Crippen LogP contribution in [0.2, 0.25) is 5.15 Å². The summed E-state index contributed by atoms with van der Waals surface area (Å²) >= 11 is 5.89. The highest BCUT2D eigenvalue weighted by Gasteiger charge is 2.18. The van der Waals surface area contributed by atoms with Crippen molar-refractivity contribution in [3.63, 3.8) is 0 Å². The fraction of sp³-hybridized carbons (Fsp3) is 0.286. The molecular weight excluding hydrogens is 246 g/mol. The lowest BCUT2D eigenvalue weighted by atomic mass is 10.1. The summed E-state index contributed by atoms with van der Waals surface area (Å²) < 4.78 is 0. The summed E-state index contributed by atoms with van der Waals surface area (Å²) in [6, 6.07) is 12.5. The minimum Gasteiger partial charge on any atom is -0.294 e. The van der Waals surface area contributed by atoms with Gasteiger partial charge in [-0.3, -0.25) is 4.90 Å². The van der Waals surface area contributed by atoms with Gasteiger partial charge >= 0.3 is 0 Å². The molecule has 18 heavy (non-hydrogen) atoms. The Kier molecular flexibility index (Phi) is 3.26. The minimum atomic E-state index is 0.482. The molecule has 1 aromatic carbocycles. The fourth-order valence-electron chi connectivity index (χ4n) is 2.34. The third kappa shape index (κ3) is 2.52. The molecule has 2 heterocycles. The van der Waals surface area contributed by atoms with Crippen LogP contribution in [0.25, 0.3) is 0 Å². The third-order valence-electron chi connectivity index (χ3n) is 3.24. The van der Waals surface area contributed by atoms with Crippen molar-refractivity contribution in [1.29, 1.82) is 0 Å². The van der Waals surface area contributed by atoms with E-state index in [4.69, 9.17) is 11.6 Å². The van der Waals surface area contributed by atoms with Crippen LogP contribution in [0.3, 0.4) is 0 Å². The maximum Gasteiger partial charge on any atom is 0.152 e. The molecule has 0 aliphatic carbocycles. The summed E-state index contributed by atoms with van der Waals surface area (Å²) in [6.45, 7) is 2.90. The molecule has 3 rings (SSSR count). The van der Waals surface area contributed by atoms with Crippen molar-refractivity contribution in [3.05, 3.63) is 58.4 Å². The number of nitrogens with zero attached hydrogens (tertiary/aromatic N) is 3. The van der Waals surface area contributed by atoms with Crippen molar-refractivity contribution in [2.75, 3.05) is 6.54 Å². The highest BCUT2D eigenvalue weighted by molar-refractivity contribution is 6.29. The number of benzene rings is 1. The Morgan fingerprint density at radius 2 is 2.00 bits per heavy atom. The summed E-state index contributed by atoms with van der Waals surface area (Å²) in [5.41, 5.74) is 3.63. The number of hydrogen-bond donors (Lipinski definition) is 0. The van der Waals surface area contributed by atoms with Gasteiger partial charge in [0, 0.05) is 26.1 Å². The quantitative estimate of drug-likeness (QED) is 0.830. The molecule has 4 heteroatoms. The van der Waals surface area contributed by atoms with E-state index in [1.807, 2.05) is 12.1 Å². The van der Waals surface area contributed by atoms with Crippen LogP contribution in [0.5, 0.6) is 0 Å². The van der Waals surface area contributed by atoms with Gasteiger partial charge < -0.3 is 0 Å². The Morgan fingerprint density at radius 1 is 1.17 bits per heavy atom. The topological polar surface area (TPSA) is 29.0 Å². The molecule has 3 nitrogen and oxygen atoms in total. The first-order valence-electron chi connectivity index (χ1n) is 6.08. The van der Waals surface area contributed by atoms with Crippen molar-refractivity contribution in [1.82, 2.24) is 15.1 Å². The van der Waals surface area contributed by atoms with Gasteiger partial charge in [0.05, 0.1) is 5.69 Å². The number of aromatic nitrogens is 2. The van der Waals surface area contributed by atoms with Crippen molar-refractivity contribution < 1.29 is 0 Å². The molecule has 0 bridgehead atoms. The van der Waals surface area contributed by atoms with Gasteiger partial charge in [0.1, 0.15) is 0 Å². The molecule has 0 atom stereocenters. The SMILES string of the molecule is Clc1cc2c(nn1)CCN(Cc1ccccc1)C2. The average Bonchev–Trinajstić information content (AvgIpc) is 2.39. The highest BCUT2D eigenvalue weighted by Crippen LogP contribution is 2.20. The van der Waals surface area contributed by atoms with Crippen LogP contribution < -0.4 is 0 Å². The van der Waals surface area contributed by atoms with Crippen molar-refractivity contribution in [2.24, 2.45) is 0 Å². The number of hydrogen-bond acceptors (Lipinski definition) is 3. The van der Waals surface area contributed by atoms with Crippen LogP contribution in [-0.2, 0) is 19.5 Å². The van der Waals surface area contributed by atoms with Crippen LogP contribution in [0.4, 0.5) is 0 Å². The molecule has 0 spiro atoms. The van der Waals surface area contributed by atoms with E-state index in [-0.39, 0.29) is 0 Å². The van der Waals surface area contributed by atoms with Gasteiger partial charge in [-0.2, -0.15) is 5.10 Å². The molecule has 92 valence electrons. The van der Waals surface area contributed by atoms with E-state index < -0.39 is 0 Å². The van der Waals surface area contributed by atoms with E-state index in [0.717, 1.165) is 31.7 Å². The molecule has 0 N–H and O–H groups in total. The first kappa shape index (κ1) is 11.6. The van der Waals surface area contributed by atoms with Crippen molar-refractivity contribution in [3.8, 4) is 0 Å². The minimum absolute atomic E-state index is 0.482. The average molecular weight is 260 g/mol. The van der Waals surface area contributed by atoms with Gasteiger partial charge in [0.25, 0.3) is 0 Å². The molecule has 0 fully saturated rings. The molecule has 0 saturated carbocycles. The molecule has 0 amide bonds. The van der Waals surface area contributed by atoms with E-state index in [2.05, 4.69) is 39.4 Å². The van der Waals surface area contributed by atoms with E-state index in [0.29, 0.717) is 5.15 Å². The zero-order chi connectivity index (χ0) is 12.4. The summed E-state index contributed by atoms with van der Waals surface area (Å²) in [4.78, 5) is 2.41. The predicted octanol–water partition coefficient (Wildman–Crippen LogP) is 2.69. The molecule has 0 unspecified atom stereocenters. The smallest absolute Gasteiger partial charge is 0.152 e. The summed E-state index contributed by atoms with van der Waals surface area (Å²) in [6.07, 6.45) is 0.951. The normalized spacial score (nSPS) is 15.4. The van der Waals surface area contributed by atoms with Crippen molar-refractivity contribution in [2.45, 2.75) is 19.5 Å². The van der Waals surface area contributed by atoms with Crippen LogP contribution in [-0.4, -0.2) is 21.6 Å². The van der Waals surface area contributed by atoms with E-state index in [9.17, 15) is 0 Å². The third-order valence-corrected chi connectivity index (χ3v) is 3.42. The number of rotatable bonds is 2. The standard InChI is InChI=1S/C14H14ClN3/c15-14-8-12-10-18(7-6-13(12)16-17-14)9-11-4-2-1-3-5-11/h1-5,8H,6-7,9-10H2. The van der Waals surface area contributed by atoms with E-state index in [1.54, 1.807) is 0 Å². The molecule has 0 saturated heterocycles. The van der Waals surface area contributed by atoms with Crippen LogP contribution in [0, 0.1) is 0 Å². The lowest BCUT2D eigenvalue weighted by molar-refractivity contribution is 0.242. The maximum atomic E-state index is 5.89.